The molecule has 5 heteroatoms. The molecule has 1 rings (SSSR count). The SMILES string of the molecule is O=P(O)(O)[C@H]1CCCCN1. The van der Waals surface area contributed by atoms with Crippen molar-refractivity contribution in [3.8, 4) is 0 Å². The Balaban J connectivity index is 2.47. The summed E-state index contributed by atoms with van der Waals surface area (Å²) < 4.78 is 10.6. The maximum atomic E-state index is 10.6. The molecule has 0 amide bonds. The first-order chi connectivity index (χ1) is 4.61. The molecule has 10 heavy (non-hydrogen) atoms. The molecular weight excluding hydrogens is 153 g/mol. The number of hydrogen-bond donors (Lipinski definition) is 3. The second-order valence-corrected chi connectivity index (χ2v) is 4.36. The summed E-state index contributed by atoms with van der Waals surface area (Å²) in [7, 11) is -3.85. The van der Waals surface area contributed by atoms with E-state index in [0.717, 1.165) is 19.4 Å². The minimum absolute atomic E-state index is 0.582. The Kier molecular flexibility index (Phi) is 2.47. The lowest BCUT2D eigenvalue weighted by Crippen LogP contribution is -2.33. The lowest BCUT2D eigenvalue weighted by molar-refractivity contribution is 0.327. The summed E-state index contributed by atoms with van der Waals surface area (Å²) in [5.41, 5.74) is 0. The van der Waals surface area contributed by atoms with Crippen LogP contribution in [0.3, 0.4) is 0 Å². The van der Waals surface area contributed by atoms with E-state index in [2.05, 4.69) is 5.32 Å². The molecule has 60 valence electrons. The van der Waals surface area contributed by atoms with Crippen LogP contribution in [0.25, 0.3) is 0 Å². The van der Waals surface area contributed by atoms with Gasteiger partial charge in [0.15, 0.2) is 0 Å². The van der Waals surface area contributed by atoms with Crippen molar-refractivity contribution in [3.05, 3.63) is 0 Å². The molecule has 0 aromatic rings. The molecule has 1 saturated heterocycles. The molecule has 1 heterocycles. The average Bonchev–Trinajstić information content (AvgIpc) is 1.88. The summed E-state index contributed by atoms with van der Waals surface area (Å²) >= 11 is 0. The van der Waals surface area contributed by atoms with E-state index in [4.69, 9.17) is 9.79 Å². The zero-order valence-corrected chi connectivity index (χ0v) is 6.55. The van der Waals surface area contributed by atoms with Crippen molar-refractivity contribution in [2.45, 2.75) is 25.0 Å². The van der Waals surface area contributed by atoms with Gasteiger partial charge in [0.05, 0.1) is 0 Å². The molecule has 1 aliphatic heterocycles. The van der Waals surface area contributed by atoms with Gasteiger partial charge in [0, 0.05) is 0 Å². The number of rotatable bonds is 1. The molecule has 0 aliphatic carbocycles. The highest BCUT2D eigenvalue weighted by atomic mass is 31.2. The molecule has 0 spiro atoms. The second-order valence-electron chi connectivity index (χ2n) is 2.55. The van der Waals surface area contributed by atoms with Crippen LogP contribution in [0.2, 0.25) is 0 Å². The fraction of sp³-hybridized carbons (Fsp3) is 1.00. The third kappa shape index (κ3) is 2.06. The van der Waals surface area contributed by atoms with Crippen LogP contribution in [-0.4, -0.2) is 22.1 Å². The average molecular weight is 165 g/mol. The molecule has 3 N–H and O–H groups in total. The van der Waals surface area contributed by atoms with Crippen molar-refractivity contribution < 1.29 is 14.4 Å². The molecule has 0 aromatic carbocycles. The Hall–Kier alpha value is 0.110. The maximum Gasteiger partial charge on any atom is 0.342 e. The van der Waals surface area contributed by atoms with Gasteiger partial charge >= 0.3 is 7.60 Å². The normalized spacial score (nSPS) is 28.4. The van der Waals surface area contributed by atoms with Gasteiger partial charge in [-0.15, -0.1) is 0 Å². The first-order valence-corrected chi connectivity index (χ1v) is 5.07. The maximum absolute atomic E-state index is 10.6. The Labute approximate surface area is 59.8 Å². The van der Waals surface area contributed by atoms with Gasteiger partial charge in [-0.05, 0) is 25.8 Å². The van der Waals surface area contributed by atoms with Crippen molar-refractivity contribution in [2.24, 2.45) is 0 Å². The third-order valence-corrected chi connectivity index (χ3v) is 2.94. The van der Waals surface area contributed by atoms with E-state index in [-0.39, 0.29) is 0 Å². The van der Waals surface area contributed by atoms with E-state index in [1.165, 1.54) is 0 Å². The van der Waals surface area contributed by atoms with E-state index in [1.807, 2.05) is 0 Å². The third-order valence-electron chi connectivity index (χ3n) is 1.69. The largest absolute Gasteiger partial charge is 0.342 e. The zero-order valence-electron chi connectivity index (χ0n) is 5.66. The van der Waals surface area contributed by atoms with Gasteiger partial charge in [-0.2, -0.15) is 0 Å². The van der Waals surface area contributed by atoms with Crippen molar-refractivity contribution in [1.82, 2.24) is 5.32 Å². The fourth-order valence-electron chi connectivity index (χ4n) is 1.12. The highest BCUT2D eigenvalue weighted by Crippen LogP contribution is 2.42. The summed E-state index contributed by atoms with van der Waals surface area (Å²) in [6.45, 7) is 0.732. The van der Waals surface area contributed by atoms with Crippen molar-refractivity contribution in [2.75, 3.05) is 6.54 Å². The predicted octanol–water partition coefficient (Wildman–Crippen LogP) is 0.264. The van der Waals surface area contributed by atoms with Crippen LogP contribution in [0.15, 0.2) is 0 Å². The lowest BCUT2D eigenvalue weighted by Gasteiger charge is -2.23. The standard InChI is InChI=1S/C5H12NO3P/c7-10(8,9)5-3-1-2-4-6-5/h5-6H,1-4H2,(H2,7,8,9)/t5-/m0/s1. The highest BCUT2D eigenvalue weighted by molar-refractivity contribution is 7.52. The molecule has 1 aliphatic rings. The lowest BCUT2D eigenvalue weighted by atomic mass is 10.2. The zero-order chi connectivity index (χ0) is 7.61. The van der Waals surface area contributed by atoms with Crippen LogP contribution < -0.4 is 5.32 Å². The number of hydrogen-bond acceptors (Lipinski definition) is 2. The van der Waals surface area contributed by atoms with Crippen LogP contribution in [0.4, 0.5) is 0 Å². The Bertz CT molecular complexity index is 149. The molecule has 1 fully saturated rings. The monoisotopic (exact) mass is 165 g/mol. The van der Waals surface area contributed by atoms with E-state index in [0.29, 0.717) is 6.42 Å². The molecule has 4 nitrogen and oxygen atoms in total. The Morgan fingerprint density at radius 3 is 2.40 bits per heavy atom. The van der Waals surface area contributed by atoms with Gasteiger partial charge in [0.25, 0.3) is 0 Å². The van der Waals surface area contributed by atoms with Crippen LogP contribution in [0.5, 0.6) is 0 Å². The summed E-state index contributed by atoms with van der Waals surface area (Å²) in [6, 6.07) is 0. The molecule has 0 saturated carbocycles. The molecule has 0 unspecified atom stereocenters. The van der Waals surface area contributed by atoms with Gasteiger partial charge in [-0.3, -0.25) is 4.57 Å². The molecule has 0 aromatic heterocycles. The number of piperidine rings is 1. The van der Waals surface area contributed by atoms with Crippen molar-refractivity contribution in [1.29, 1.82) is 0 Å². The molecule has 0 bridgehead atoms. The summed E-state index contributed by atoms with van der Waals surface area (Å²) in [5.74, 6) is -0.582. The molecular formula is C5H12NO3P. The van der Waals surface area contributed by atoms with Crippen LogP contribution in [-0.2, 0) is 4.57 Å². The summed E-state index contributed by atoms with van der Waals surface area (Å²) in [6.07, 6.45) is 2.55. The highest BCUT2D eigenvalue weighted by Gasteiger charge is 2.29. The van der Waals surface area contributed by atoms with Crippen molar-refractivity contribution in [3.63, 3.8) is 0 Å². The summed E-state index contributed by atoms with van der Waals surface area (Å²) in [4.78, 5) is 17.4. The van der Waals surface area contributed by atoms with Gasteiger partial charge in [-0.25, -0.2) is 0 Å². The van der Waals surface area contributed by atoms with E-state index in [9.17, 15) is 4.57 Å². The molecule has 0 radical (unpaired) electrons. The topological polar surface area (TPSA) is 69.6 Å². The van der Waals surface area contributed by atoms with E-state index < -0.39 is 13.4 Å². The van der Waals surface area contributed by atoms with Crippen LogP contribution in [0.1, 0.15) is 19.3 Å². The quantitative estimate of drug-likeness (QED) is 0.487. The first-order valence-electron chi connectivity index (χ1n) is 3.39. The minimum atomic E-state index is -3.85. The second kappa shape index (κ2) is 3.01. The van der Waals surface area contributed by atoms with Gasteiger partial charge < -0.3 is 15.1 Å². The Morgan fingerprint density at radius 1 is 1.40 bits per heavy atom. The predicted molar refractivity (Wildman–Crippen MR) is 37.7 cm³/mol. The van der Waals surface area contributed by atoms with E-state index >= 15 is 0 Å². The fourth-order valence-corrected chi connectivity index (χ4v) is 2.01. The van der Waals surface area contributed by atoms with Gasteiger partial charge in [-0.1, -0.05) is 0 Å². The van der Waals surface area contributed by atoms with Crippen LogP contribution >= 0.6 is 7.60 Å². The minimum Gasteiger partial charge on any atom is -0.323 e. The van der Waals surface area contributed by atoms with Crippen molar-refractivity contribution >= 4 is 7.60 Å². The van der Waals surface area contributed by atoms with Gasteiger partial charge in [0.1, 0.15) is 5.78 Å². The first kappa shape index (κ1) is 8.21. The van der Waals surface area contributed by atoms with E-state index in [1.54, 1.807) is 0 Å². The molecule has 1 atom stereocenters. The van der Waals surface area contributed by atoms with Gasteiger partial charge in [0.2, 0.25) is 0 Å². The Morgan fingerprint density at radius 2 is 2.10 bits per heavy atom. The summed E-state index contributed by atoms with van der Waals surface area (Å²) in [5, 5.41) is 2.80. The number of nitrogens with one attached hydrogen (secondary N) is 1. The van der Waals surface area contributed by atoms with Crippen LogP contribution in [0, 0.1) is 0 Å². The smallest absolute Gasteiger partial charge is 0.323 e.